The molecule has 0 saturated heterocycles. The first-order valence-corrected chi connectivity index (χ1v) is 9.98. The van der Waals surface area contributed by atoms with Gasteiger partial charge in [0.15, 0.2) is 0 Å². The van der Waals surface area contributed by atoms with E-state index in [1.54, 1.807) is 0 Å². The number of halogens is 1. The maximum Gasteiger partial charge on any atom is 0.0175 e. The van der Waals surface area contributed by atoms with Gasteiger partial charge in [-0.15, -0.1) is 0 Å². The summed E-state index contributed by atoms with van der Waals surface area (Å²) in [5, 5.41) is 0. The summed E-state index contributed by atoms with van der Waals surface area (Å²) in [5.41, 5.74) is 1.44. The largest absolute Gasteiger partial charge is 0.0879 e. The Balaban J connectivity index is 1.60. The minimum absolute atomic E-state index is 0.854. The summed E-state index contributed by atoms with van der Waals surface area (Å²) in [7, 11) is 0. The molecule has 0 atom stereocenters. The van der Waals surface area contributed by atoms with Crippen LogP contribution in [0.25, 0.3) is 0 Å². The van der Waals surface area contributed by atoms with Gasteiger partial charge < -0.3 is 0 Å². The first kappa shape index (κ1) is 17.8. The number of hydrogen-bond donors (Lipinski definition) is 0. The monoisotopic (exact) mass is 362 g/mol. The van der Waals surface area contributed by atoms with Crippen LogP contribution in [0.4, 0.5) is 0 Å². The van der Waals surface area contributed by atoms with E-state index < -0.39 is 0 Å². The van der Waals surface area contributed by atoms with Crippen LogP contribution in [0.15, 0.2) is 40.9 Å². The van der Waals surface area contributed by atoms with E-state index in [0.29, 0.717) is 0 Å². The van der Waals surface area contributed by atoms with Crippen molar-refractivity contribution in [3.05, 3.63) is 46.5 Å². The van der Waals surface area contributed by atoms with Crippen LogP contribution in [-0.2, 0) is 6.42 Å². The van der Waals surface area contributed by atoms with E-state index in [2.05, 4.69) is 59.3 Å². The van der Waals surface area contributed by atoms with Crippen molar-refractivity contribution in [3.63, 3.8) is 0 Å². The molecule has 1 fully saturated rings. The summed E-state index contributed by atoms with van der Waals surface area (Å²) < 4.78 is 1.17. The van der Waals surface area contributed by atoms with Crippen LogP contribution >= 0.6 is 15.9 Å². The first-order valence-electron chi connectivity index (χ1n) is 9.19. The third-order valence-corrected chi connectivity index (χ3v) is 5.56. The molecule has 0 unspecified atom stereocenters. The average molecular weight is 363 g/mol. The standard InChI is InChI=1S/C21H31Br/c1-2-3-4-7-18-10-12-19(13-11-18)8-5-6-9-20-14-16-21(22)17-15-20/h5,8,14-19H,2-4,6-7,9-13H2,1H3/b8-5+. The van der Waals surface area contributed by atoms with Gasteiger partial charge in [-0.3, -0.25) is 0 Å². The first-order chi connectivity index (χ1) is 10.8. The van der Waals surface area contributed by atoms with Crippen LogP contribution in [0.3, 0.4) is 0 Å². The molecule has 1 aromatic rings. The molecule has 0 amide bonds. The van der Waals surface area contributed by atoms with Crippen LogP contribution < -0.4 is 0 Å². The summed E-state index contributed by atoms with van der Waals surface area (Å²) in [6.07, 6.45) is 18.8. The third kappa shape index (κ3) is 6.69. The van der Waals surface area contributed by atoms with Crippen LogP contribution in [0.5, 0.6) is 0 Å². The van der Waals surface area contributed by atoms with Gasteiger partial charge in [-0.1, -0.05) is 72.8 Å². The Hall–Kier alpha value is -0.560. The van der Waals surface area contributed by atoms with Gasteiger partial charge in [0.2, 0.25) is 0 Å². The van der Waals surface area contributed by atoms with Crippen molar-refractivity contribution in [2.45, 2.75) is 71.1 Å². The molecule has 0 aliphatic heterocycles. The number of hydrogen-bond acceptors (Lipinski definition) is 0. The topological polar surface area (TPSA) is 0 Å². The number of rotatable bonds is 8. The molecule has 1 aromatic carbocycles. The molecule has 0 radical (unpaired) electrons. The lowest BCUT2D eigenvalue weighted by molar-refractivity contribution is 0.289. The molecule has 0 heterocycles. The van der Waals surface area contributed by atoms with Crippen molar-refractivity contribution in [1.29, 1.82) is 0 Å². The van der Waals surface area contributed by atoms with Crippen LogP contribution in [0.2, 0.25) is 0 Å². The molecular weight excluding hydrogens is 332 g/mol. The lowest BCUT2D eigenvalue weighted by Gasteiger charge is -2.26. The molecule has 1 aliphatic carbocycles. The Morgan fingerprint density at radius 1 is 1.05 bits per heavy atom. The van der Waals surface area contributed by atoms with Crippen LogP contribution in [0.1, 0.15) is 70.3 Å². The van der Waals surface area contributed by atoms with Crippen molar-refractivity contribution in [3.8, 4) is 0 Å². The van der Waals surface area contributed by atoms with Gasteiger partial charge in [0.05, 0.1) is 0 Å². The molecule has 0 aromatic heterocycles. The van der Waals surface area contributed by atoms with Gasteiger partial charge in [0.1, 0.15) is 0 Å². The highest BCUT2D eigenvalue weighted by molar-refractivity contribution is 9.10. The summed E-state index contributed by atoms with van der Waals surface area (Å²) in [5.74, 6) is 1.88. The predicted octanol–water partition coefficient (Wildman–Crippen LogP) is 7.32. The minimum Gasteiger partial charge on any atom is -0.0879 e. The van der Waals surface area contributed by atoms with Crippen molar-refractivity contribution in [2.75, 3.05) is 0 Å². The summed E-state index contributed by atoms with van der Waals surface area (Å²) in [4.78, 5) is 0. The van der Waals surface area contributed by atoms with Crippen molar-refractivity contribution < 1.29 is 0 Å². The van der Waals surface area contributed by atoms with Crippen molar-refractivity contribution in [1.82, 2.24) is 0 Å². The summed E-state index contributed by atoms with van der Waals surface area (Å²) >= 11 is 3.49. The highest BCUT2D eigenvalue weighted by Gasteiger charge is 2.18. The maximum atomic E-state index is 3.49. The molecule has 1 heteroatoms. The number of aryl methyl sites for hydroxylation is 1. The van der Waals surface area contributed by atoms with E-state index in [0.717, 1.165) is 18.3 Å². The van der Waals surface area contributed by atoms with Gasteiger partial charge in [0.25, 0.3) is 0 Å². The molecule has 2 rings (SSSR count). The fourth-order valence-electron chi connectivity index (χ4n) is 3.54. The molecule has 22 heavy (non-hydrogen) atoms. The number of unbranched alkanes of at least 4 members (excludes halogenated alkanes) is 2. The second kappa shape index (κ2) is 10.3. The van der Waals surface area contributed by atoms with E-state index in [1.165, 1.54) is 67.8 Å². The highest BCUT2D eigenvalue weighted by Crippen LogP contribution is 2.32. The van der Waals surface area contributed by atoms with Gasteiger partial charge >= 0.3 is 0 Å². The quantitative estimate of drug-likeness (QED) is 0.335. The second-order valence-electron chi connectivity index (χ2n) is 6.87. The molecule has 0 N–H and O–H groups in total. The van der Waals surface area contributed by atoms with E-state index in [-0.39, 0.29) is 0 Å². The van der Waals surface area contributed by atoms with Crippen molar-refractivity contribution in [2.24, 2.45) is 11.8 Å². The Bertz CT molecular complexity index is 424. The SMILES string of the molecule is CCCCCC1CCC(/C=C/CCc2ccc(Br)cc2)CC1. The molecule has 0 spiro atoms. The molecule has 0 nitrogen and oxygen atoms in total. The third-order valence-electron chi connectivity index (χ3n) is 5.03. The molecule has 0 bridgehead atoms. The zero-order chi connectivity index (χ0) is 15.6. The predicted molar refractivity (Wildman–Crippen MR) is 101 cm³/mol. The van der Waals surface area contributed by atoms with Crippen molar-refractivity contribution >= 4 is 15.9 Å². The Labute approximate surface area is 145 Å². The summed E-state index contributed by atoms with van der Waals surface area (Å²) in [6.45, 7) is 2.30. The Morgan fingerprint density at radius 2 is 1.77 bits per heavy atom. The normalized spacial score (nSPS) is 22.3. The summed E-state index contributed by atoms with van der Waals surface area (Å²) in [6, 6.07) is 8.72. The van der Waals surface area contributed by atoms with Gasteiger partial charge in [-0.25, -0.2) is 0 Å². The smallest absolute Gasteiger partial charge is 0.0175 e. The molecular formula is C21H31Br. The number of allylic oxidation sites excluding steroid dienone is 2. The Kier molecular flexibility index (Phi) is 8.30. The highest BCUT2D eigenvalue weighted by atomic mass is 79.9. The zero-order valence-electron chi connectivity index (χ0n) is 14.1. The van der Waals surface area contributed by atoms with Gasteiger partial charge in [0, 0.05) is 4.47 Å². The van der Waals surface area contributed by atoms with Crippen LogP contribution in [0, 0.1) is 11.8 Å². The van der Waals surface area contributed by atoms with E-state index >= 15 is 0 Å². The van der Waals surface area contributed by atoms with Gasteiger partial charge in [-0.05, 0) is 68.1 Å². The van der Waals surface area contributed by atoms with Gasteiger partial charge in [-0.2, -0.15) is 0 Å². The van der Waals surface area contributed by atoms with E-state index in [4.69, 9.17) is 0 Å². The minimum atomic E-state index is 0.854. The maximum absolute atomic E-state index is 3.49. The molecule has 122 valence electrons. The fraction of sp³-hybridized carbons (Fsp3) is 0.619. The molecule has 1 saturated carbocycles. The number of benzene rings is 1. The lowest BCUT2D eigenvalue weighted by Crippen LogP contribution is -2.13. The van der Waals surface area contributed by atoms with E-state index in [9.17, 15) is 0 Å². The zero-order valence-corrected chi connectivity index (χ0v) is 15.7. The lowest BCUT2D eigenvalue weighted by atomic mass is 9.79. The Morgan fingerprint density at radius 3 is 2.45 bits per heavy atom. The second-order valence-corrected chi connectivity index (χ2v) is 7.79. The van der Waals surface area contributed by atoms with Crippen LogP contribution in [-0.4, -0.2) is 0 Å². The fourth-order valence-corrected chi connectivity index (χ4v) is 3.81. The molecule has 1 aliphatic rings. The van der Waals surface area contributed by atoms with E-state index in [1.807, 2.05) is 0 Å². The average Bonchev–Trinajstić information content (AvgIpc) is 2.55.